The molecule has 0 radical (unpaired) electrons. The first-order valence-corrected chi connectivity index (χ1v) is 8.80. The van der Waals surface area contributed by atoms with Crippen molar-refractivity contribution in [2.24, 2.45) is 5.73 Å². The fourth-order valence-electron chi connectivity index (χ4n) is 3.44. The van der Waals surface area contributed by atoms with Crippen molar-refractivity contribution >= 4 is 17.0 Å². The fourth-order valence-corrected chi connectivity index (χ4v) is 3.44. The highest BCUT2D eigenvalue weighted by Gasteiger charge is 2.42. The summed E-state index contributed by atoms with van der Waals surface area (Å²) in [6, 6.07) is 15.9. The summed E-state index contributed by atoms with van der Waals surface area (Å²) in [5.41, 5.74) is 9.06. The Labute approximate surface area is 155 Å². The molecule has 4 rings (SSSR count). The second-order valence-corrected chi connectivity index (χ2v) is 6.86. The van der Waals surface area contributed by atoms with E-state index in [-0.39, 0.29) is 19.5 Å². The number of hydrogen-bond acceptors (Lipinski definition) is 4. The molecular formula is C20H19F2N5. The van der Waals surface area contributed by atoms with Gasteiger partial charge in [0.05, 0.1) is 35.3 Å². The van der Waals surface area contributed by atoms with E-state index in [2.05, 4.69) is 11.1 Å². The van der Waals surface area contributed by atoms with Gasteiger partial charge in [-0.3, -0.25) is 0 Å². The van der Waals surface area contributed by atoms with Crippen LogP contribution in [0.25, 0.3) is 11.0 Å². The largest absolute Gasteiger partial charge is 0.340 e. The zero-order valence-electron chi connectivity index (χ0n) is 14.6. The van der Waals surface area contributed by atoms with Gasteiger partial charge in [-0.05, 0) is 29.8 Å². The SMILES string of the molecule is N#Cc1ccc(Cn2c(N3CCC(F)(F)C(N)C3)nc3ccccc32)cc1. The molecule has 2 heterocycles. The Morgan fingerprint density at radius 2 is 1.93 bits per heavy atom. The predicted octanol–water partition coefficient (Wildman–Crippen LogP) is 3.13. The number of nitrogens with two attached hydrogens (primary N) is 1. The molecule has 27 heavy (non-hydrogen) atoms. The Balaban J connectivity index is 1.72. The number of para-hydroxylation sites is 2. The van der Waals surface area contributed by atoms with Crippen molar-refractivity contribution in [3.63, 3.8) is 0 Å². The molecule has 1 unspecified atom stereocenters. The normalized spacial score (nSPS) is 19.2. The molecule has 0 saturated carbocycles. The number of fused-ring (bicyclic) bond motifs is 1. The number of anilines is 1. The minimum Gasteiger partial charge on any atom is -0.340 e. The van der Waals surface area contributed by atoms with Gasteiger partial charge in [-0.15, -0.1) is 0 Å². The van der Waals surface area contributed by atoms with E-state index < -0.39 is 12.0 Å². The second-order valence-electron chi connectivity index (χ2n) is 6.86. The van der Waals surface area contributed by atoms with Crippen LogP contribution in [0, 0.1) is 11.3 Å². The lowest BCUT2D eigenvalue weighted by molar-refractivity contribution is -0.0395. The summed E-state index contributed by atoms with van der Waals surface area (Å²) in [6.45, 7) is 0.796. The van der Waals surface area contributed by atoms with Crippen molar-refractivity contribution < 1.29 is 8.78 Å². The Morgan fingerprint density at radius 3 is 2.63 bits per heavy atom. The molecule has 2 aromatic carbocycles. The molecule has 0 aliphatic carbocycles. The van der Waals surface area contributed by atoms with Crippen LogP contribution in [0.2, 0.25) is 0 Å². The van der Waals surface area contributed by atoms with Gasteiger partial charge in [0.25, 0.3) is 5.92 Å². The van der Waals surface area contributed by atoms with Gasteiger partial charge >= 0.3 is 0 Å². The first-order chi connectivity index (χ1) is 13.0. The monoisotopic (exact) mass is 367 g/mol. The average Bonchev–Trinajstić information content (AvgIpc) is 3.03. The van der Waals surface area contributed by atoms with Crippen LogP contribution in [0.1, 0.15) is 17.5 Å². The van der Waals surface area contributed by atoms with Gasteiger partial charge in [-0.1, -0.05) is 24.3 Å². The van der Waals surface area contributed by atoms with Crippen LogP contribution in [0.15, 0.2) is 48.5 Å². The number of alkyl halides is 2. The number of halogens is 2. The molecule has 1 aliphatic rings. The van der Waals surface area contributed by atoms with Crippen LogP contribution in [-0.4, -0.2) is 34.6 Å². The highest BCUT2D eigenvalue weighted by atomic mass is 19.3. The number of rotatable bonds is 3. The van der Waals surface area contributed by atoms with Crippen molar-refractivity contribution in [1.82, 2.24) is 9.55 Å². The van der Waals surface area contributed by atoms with Crippen LogP contribution < -0.4 is 10.6 Å². The first-order valence-electron chi connectivity index (χ1n) is 8.80. The fraction of sp³-hybridized carbons (Fsp3) is 0.300. The van der Waals surface area contributed by atoms with Crippen LogP contribution in [0.5, 0.6) is 0 Å². The van der Waals surface area contributed by atoms with Crippen molar-refractivity contribution in [3.8, 4) is 6.07 Å². The van der Waals surface area contributed by atoms with Crippen LogP contribution in [-0.2, 0) is 6.54 Å². The lowest BCUT2D eigenvalue weighted by atomic mass is 10.0. The van der Waals surface area contributed by atoms with E-state index in [1.54, 1.807) is 12.1 Å². The third-order valence-corrected chi connectivity index (χ3v) is 5.02. The first kappa shape index (κ1) is 17.4. The minimum absolute atomic E-state index is 0.0592. The summed E-state index contributed by atoms with van der Waals surface area (Å²) < 4.78 is 29.6. The summed E-state index contributed by atoms with van der Waals surface area (Å²) in [5.74, 6) is -2.20. The Bertz CT molecular complexity index is 1000. The third-order valence-electron chi connectivity index (χ3n) is 5.02. The van der Waals surface area contributed by atoms with Gasteiger partial charge in [0.1, 0.15) is 0 Å². The highest BCUT2D eigenvalue weighted by Crippen LogP contribution is 2.31. The molecule has 0 amide bonds. The topological polar surface area (TPSA) is 70.9 Å². The van der Waals surface area contributed by atoms with E-state index >= 15 is 0 Å². The van der Waals surface area contributed by atoms with Gasteiger partial charge in [-0.25, -0.2) is 13.8 Å². The lowest BCUT2D eigenvalue weighted by Crippen LogP contribution is -2.55. The summed E-state index contributed by atoms with van der Waals surface area (Å²) in [5, 5.41) is 8.96. The molecule has 7 heteroatoms. The quantitative estimate of drug-likeness (QED) is 0.772. The van der Waals surface area contributed by atoms with Crippen molar-refractivity contribution in [1.29, 1.82) is 5.26 Å². The molecule has 5 nitrogen and oxygen atoms in total. The molecule has 3 aromatic rings. The summed E-state index contributed by atoms with van der Waals surface area (Å²) in [7, 11) is 0. The lowest BCUT2D eigenvalue weighted by Gasteiger charge is -2.37. The number of nitrogens with zero attached hydrogens (tertiary/aromatic N) is 4. The number of imidazole rings is 1. The molecule has 1 atom stereocenters. The molecule has 1 saturated heterocycles. The molecule has 2 N–H and O–H groups in total. The van der Waals surface area contributed by atoms with Crippen molar-refractivity contribution in [2.75, 3.05) is 18.0 Å². The minimum atomic E-state index is -2.85. The van der Waals surface area contributed by atoms with Crippen LogP contribution in [0.3, 0.4) is 0 Å². The van der Waals surface area contributed by atoms with Gasteiger partial charge in [0.2, 0.25) is 5.95 Å². The zero-order valence-corrected chi connectivity index (χ0v) is 14.6. The Kier molecular flexibility index (Phi) is 4.28. The Morgan fingerprint density at radius 1 is 1.19 bits per heavy atom. The molecule has 1 aliphatic heterocycles. The van der Waals surface area contributed by atoms with E-state index in [0.29, 0.717) is 18.1 Å². The zero-order chi connectivity index (χ0) is 19.0. The van der Waals surface area contributed by atoms with Gasteiger partial charge < -0.3 is 15.2 Å². The second kappa shape index (κ2) is 6.63. The number of piperidine rings is 1. The maximum absolute atomic E-state index is 13.8. The maximum atomic E-state index is 13.8. The third kappa shape index (κ3) is 3.24. The summed E-state index contributed by atoms with van der Waals surface area (Å²) >= 11 is 0. The molecule has 0 spiro atoms. The van der Waals surface area contributed by atoms with Crippen molar-refractivity contribution in [2.45, 2.75) is 24.9 Å². The van der Waals surface area contributed by atoms with E-state index in [4.69, 9.17) is 11.0 Å². The standard InChI is InChI=1S/C20H19F2N5/c21-20(22)9-10-26(13-18(20)24)19-25-16-3-1-2-4-17(16)27(19)12-15-7-5-14(11-23)6-8-15/h1-8,18H,9-10,12-13,24H2. The summed E-state index contributed by atoms with van der Waals surface area (Å²) in [6.07, 6.45) is -0.283. The summed E-state index contributed by atoms with van der Waals surface area (Å²) in [4.78, 5) is 6.52. The average molecular weight is 367 g/mol. The molecular weight excluding hydrogens is 348 g/mol. The number of benzene rings is 2. The van der Waals surface area contributed by atoms with Gasteiger partial charge in [0, 0.05) is 19.5 Å². The van der Waals surface area contributed by atoms with Crippen molar-refractivity contribution in [3.05, 3.63) is 59.7 Å². The van der Waals surface area contributed by atoms with E-state index in [9.17, 15) is 8.78 Å². The van der Waals surface area contributed by atoms with Crippen LogP contribution in [0.4, 0.5) is 14.7 Å². The molecule has 1 aromatic heterocycles. The maximum Gasteiger partial charge on any atom is 0.266 e. The number of nitriles is 1. The predicted molar refractivity (Wildman–Crippen MR) is 99.7 cm³/mol. The van der Waals surface area contributed by atoms with Gasteiger partial charge in [0.15, 0.2) is 0 Å². The van der Waals surface area contributed by atoms with Crippen LogP contribution >= 0.6 is 0 Å². The molecule has 1 fully saturated rings. The van der Waals surface area contributed by atoms with E-state index in [0.717, 1.165) is 16.6 Å². The molecule has 138 valence electrons. The highest BCUT2D eigenvalue weighted by molar-refractivity contribution is 5.79. The van der Waals surface area contributed by atoms with Gasteiger partial charge in [-0.2, -0.15) is 5.26 Å². The number of aromatic nitrogens is 2. The van der Waals surface area contributed by atoms with E-state index in [1.165, 1.54) is 0 Å². The molecule has 0 bridgehead atoms. The number of hydrogen-bond donors (Lipinski definition) is 1. The Hall–Kier alpha value is -2.98. The smallest absolute Gasteiger partial charge is 0.266 e. The van der Waals surface area contributed by atoms with E-state index in [1.807, 2.05) is 45.9 Å².